The van der Waals surface area contributed by atoms with Crippen LogP contribution in [0.3, 0.4) is 0 Å². The molecule has 0 bridgehead atoms. The number of carbonyl (C=O) groups is 1. The Kier molecular flexibility index (Phi) is 4.38. The fraction of sp³-hybridized carbons (Fsp3) is 0.400. The van der Waals surface area contributed by atoms with Crippen LogP contribution < -0.4 is 0 Å². The summed E-state index contributed by atoms with van der Waals surface area (Å²) in [7, 11) is 0. The molecule has 4 nitrogen and oxygen atoms in total. The number of aromatic nitrogens is 2. The third kappa shape index (κ3) is 3.11. The molecule has 4 rings (SSSR count). The predicted molar refractivity (Wildman–Crippen MR) is 94.2 cm³/mol. The molecule has 1 aromatic carbocycles. The van der Waals surface area contributed by atoms with Crippen LogP contribution in [0.2, 0.25) is 0 Å². The number of carbonyl (C=O) groups excluding carboxylic acids is 1. The van der Waals surface area contributed by atoms with Crippen molar-refractivity contribution in [2.24, 2.45) is 5.92 Å². The highest BCUT2D eigenvalue weighted by Gasteiger charge is 2.35. The number of amides is 1. The summed E-state index contributed by atoms with van der Waals surface area (Å²) in [5.74, 6) is 0.809. The lowest BCUT2D eigenvalue weighted by molar-refractivity contribution is -0.136. The number of aromatic amines is 1. The van der Waals surface area contributed by atoms with Crippen molar-refractivity contribution in [1.82, 2.24) is 14.9 Å². The molecule has 5 heteroatoms. The van der Waals surface area contributed by atoms with Crippen molar-refractivity contribution in [3.05, 3.63) is 54.3 Å². The van der Waals surface area contributed by atoms with Gasteiger partial charge in [0.15, 0.2) is 0 Å². The monoisotopic (exact) mass is 339 g/mol. The molecule has 1 fully saturated rings. The molecule has 0 radical (unpaired) electrons. The second-order valence-electron chi connectivity index (χ2n) is 6.83. The van der Waals surface area contributed by atoms with Crippen molar-refractivity contribution in [3.8, 4) is 11.3 Å². The molecule has 0 unspecified atom stereocenters. The molecule has 0 spiro atoms. The van der Waals surface area contributed by atoms with E-state index in [-0.39, 0.29) is 23.7 Å². The minimum absolute atomic E-state index is 0.0288. The number of hydrogen-bond donors (Lipinski definition) is 1. The SMILES string of the molecule is O=C([C@H]1CC=CCC1)N1CCC[C@@H]1c1ncc(-c2ccccc2F)[nH]1. The summed E-state index contributed by atoms with van der Waals surface area (Å²) in [6.07, 6.45) is 10.6. The minimum atomic E-state index is -0.272. The zero-order chi connectivity index (χ0) is 17.2. The van der Waals surface area contributed by atoms with E-state index in [1.54, 1.807) is 24.4 Å². The van der Waals surface area contributed by atoms with Gasteiger partial charge in [0.25, 0.3) is 0 Å². The molecular formula is C20H22FN3O. The Hall–Kier alpha value is -2.43. The van der Waals surface area contributed by atoms with E-state index in [1.165, 1.54) is 6.07 Å². The Morgan fingerprint density at radius 1 is 1.24 bits per heavy atom. The van der Waals surface area contributed by atoms with Crippen molar-refractivity contribution >= 4 is 5.91 Å². The molecule has 1 amide bonds. The van der Waals surface area contributed by atoms with Crippen LogP contribution in [-0.4, -0.2) is 27.3 Å². The highest BCUT2D eigenvalue weighted by atomic mass is 19.1. The van der Waals surface area contributed by atoms with Gasteiger partial charge in [-0.3, -0.25) is 4.79 Å². The summed E-state index contributed by atoms with van der Waals surface area (Å²) in [4.78, 5) is 22.6. The topological polar surface area (TPSA) is 49.0 Å². The fourth-order valence-electron chi connectivity index (χ4n) is 3.89. The first kappa shape index (κ1) is 16.1. The van der Waals surface area contributed by atoms with E-state index >= 15 is 0 Å². The van der Waals surface area contributed by atoms with Gasteiger partial charge in [-0.1, -0.05) is 24.3 Å². The van der Waals surface area contributed by atoms with Crippen LogP contribution in [0.4, 0.5) is 4.39 Å². The maximum Gasteiger partial charge on any atom is 0.226 e. The van der Waals surface area contributed by atoms with Crippen LogP contribution in [0.25, 0.3) is 11.3 Å². The van der Waals surface area contributed by atoms with Gasteiger partial charge in [-0.2, -0.15) is 0 Å². The van der Waals surface area contributed by atoms with Crippen molar-refractivity contribution in [2.75, 3.05) is 6.54 Å². The van der Waals surface area contributed by atoms with Crippen LogP contribution in [0.1, 0.15) is 44.0 Å². The quantitative estimate of drug-likeness (QED) is 0.851. The molecule has 1 aliphatic carbocycles. The number of benzene rings is 1. The van der Waals surface area contributed by atoms with Gasteiger partial charge in [-0.05, 0) is 44.2 Å². The van der Waals surface area contributed by atoms with E-state index in [1.807, 2.05) is 4.90 Å². The largest absolute Gasteiger partial charge is 0.340 e. The lowest BCUT2D eigenvalue weighted by Gasteiger charge is -2.28. The Bertz CT molecular complexity index is 798. The van der Waals surface area contributed by atoms with Crippen LogP contribution in [0.15, 0.2) is 42.6 Å². The first-order chi connectivity index (χ1) is 12.2. The predicted octanol–water partition coefficient (Wildman–Crippen LogP) is 4.24. The molecule has 130 valence electrons. The summed E-state index contributed by atoms with van der Waals surface area (Å²) in [5, 5.41) is 0. The average Bonchev–Trinajstić information content (AvgIpc) is 3.31. The van der Waals surface area contributed by atoms with Gasteiger partial charge < -0.3 is 9.88 Å². The Labute approximate surface area is 146 Å². The third-order valence-electron chi connectivity index (χ3n) is 5.23. The molecule has 0 saturated carbocycles. The summed E-state index contributed by atoms with van der Waals surface area (Å²) < 4.78 is 14.0. The summed E-state index contributed by atoms with van der Waals surface area (Å²) in [5.41, 5.74) is 1.17. The number of nitrogens with one attached hydrogen (secondary N) is 1. The number of imidazole rings is 1. The number of nitrogens with zero attached hydrogens (tertiary/aromatic N) is 2. The second kappa shape index (κ2) is 6.82. The maximum absolute atomic E-state index is 14.0. The van der Waals surface area contributed by atoms with Crippen molar-refractivity contribution in [2.45, 2.75) is 38.1 Å². The number of halogens is 1. The van der Waals surface area contributed by atoms with Crippen molar-refractivity contribution in [3.63, 3.8) is 0 Å². The maximum atomic E-state index is 14.0. The van der Waals surface area contributed by atoms with Gasteiger partial charge in [-0.15, -0.1) is 0 Å². The molecule has 1 saturated heterocycles. The van der Waals surface area contributed by atoms with Gasteiger partial charge >= 0.3 is 0 Å². The average molecular weight is 339 g/mol. The van der Waals surface area contributed by atoms with Gasteiger partial charge in [0.05, 0.1) is 17.9 Å². The number of allylic oxidation sites excluding steroid dienone is 2. The highest BCUT2D eigenvalue weighted by Crippen LogP contribution is 2.34. The third-order valence-corrected chi connectivity index (χ3v) is 5.23. The van der Waals surface area contributed by atoms with E-state index in [2.05, 4.69) is 22.1 Å². The van der Waals surface area contributed by atoms with Crippen LogP contribution in [-0.2, 0) is 4.79 Å². The number of H-pyrrole nitrogens is 1. The zero-order valence-electron chi connectivity index (χ0n) is 14.1. The Morgan fingerprint density at radius 2 is 2.12 bits per heavy atom. The van der Waals surface area contributed by atoms with Crippen LogP contribution in [0.5, 0.6) is 0 Å². The van der Waals surface area contributed by atoms with E-state index < -0.39 is 0 Å². The summed E-state index contributed by atoms with van der Waals surface area (Å²) in [6.45, 7) is 0.777. The van der Waals surface area contributed by atoms with E-state index in [4.69, 9.17) is 0 Å². The smallest absolute Gasteiger partial charge is 0.226 e. The second-order valence-corrected chi connectivity index (χ2v) is 6.83. The normalized spacial score (nSPS) is 23.2. The molecule has 1 aliphatic heterocycles. The molecule has 1 aromatic heterocycles. The number of rotatable bonds is 3. The number of hydrogen-bond acceptors (Lipinski definition) is 2. The lowest BCUT2D eigenvalue weighted by Crippen LogP contribution is -2.36. The van der Waals surface area contributed by atoms with Crippen molar-refractivity contribution < 1.29 is 9.18 Å². The van der Waals surface area contributed by atoms with Gasteiger partial charge in [0.2, 0.25) is 5.91 Å². The zero-order valence-corrected chi connectivity index (χ0v) is 14.1. The molecule has 2 aliphatic rings. The standard InChI is InChI=1S/C20H22FN3O/c21-16-10-5-4-9-15(16)17-13-22-19(23-17)18-11-6-12-24(18)20(25)14-7-2-1-3-8-14/h1-2,4-5,9-10,13-14,18H,3,6-8,11-12H2,(H,22,23)/t14-,18+/m0/s1. The van der Waals surface area contributed by atoms with Crippen LogP contribution in [0, 0.1) is 11.7 Å². The van der Waals surface area contributed by atoms with E-state index in [0.29, 0.717) is 11.3 Å². The van der Waals surface area contributed by atoms with Gasteiger partial charge in [-0.25, -0.2) is 9.37 Å². The molecule has 2 aromatic rings. The first-order valence-corrected chi connectivity index (χ1v) is 8.99. The Balaban J connectivity index is 1.56. The lowest BCUT2D eigenvalue weighted by atomic mass is 9.93. The summed E-state index contributed by atoms with van der Waals surface area (Å²) in [6, 6.07) is 6.63. The first-order valence-electron chi connectivity index (χ1n) is 8.99. The fourth-order valence-corrected chi connectivity index (χ4v) is 3.89. The molecule has 2 heterocycles. The van der Waals surface area contributed by atoms with Crippen molar-refractivity contribution in [1.29, 1.82) is 0 Å². The van der Waals surface area contributed by atoms with Crippen LogP contribution >= 0.6 is 0 Å². The molecule has 25 heavy (non-hydrogen) atoms. The van der Waals surface area contributed by atoms with E-state index in [0.717, 1.165) is 44.5 Å². The molecular weight excluding hydrogens is 317 g/mol. The van der Waals surface area contributed by atoms with Gasteiger partial charge in [0.1, 0.15) is 11.6 Å². The Morgan fingerprint density at radius 3 is 2.92 bits per heavy atom. The van der Waals surface area contributed by atoms with E-state index in [9.17, 15) is 9.18 Å². The molecule has 2 atom stereocenters. The van der Waals surface area contributed by atoms with Gasteiger partial charge in [0, 0.05) is 18.0 Å². The minimum Gasteiger partial charge on any atom is -0.340 e. The molecule has 1 N–H and O–H groups in total. The summed E-state index contributed by atoms with van der Waals surface area (Å²) >= 11 is 0. The highest BCUT2D eigenvalue weighted by molar-refractivity contribution is 5.80. The number of likely N-dealkylation sites (tertiary alicyclic amines) is 1.